The first-order valence-corrected chi connectivity index (χ1v) is 5.07. The standard InChI is InChI=1S/C10H15NO5/c1-10(2,5-6-12)9(15)16-11-7(13)3-4-8(11)14/h12H,3-6H2,1-2H3. The third-order valence-electron chi connectivity index (χ3n) is 2.47. The number of carbonyl (C=O) groups is 3. The Hall–Kier alpha value is -1.43. The van der Waals surface area contributed by atoms with Crippen LogP contribution >= 0.6 is 0 Å². The molecule has 0 saturated carbocycles. The highest BCUT2D eigenvalue weighted by molar-refractivity contribution is 6.01. The van der Waals surface area contributed by atoms with E-state index >= 15 is 0 Å². The zero-order valence-electron chi connectivity index (χ0n) is 9.36. The first-order valence-electron chi connectivity index (χ1n) is 5.07. The van der Waals surface area contributed by atoms with Gasteiger partial charge in [-0.1, -0.05) is 0 Å². The van der Waals surface area contributed by atoms with Crippen LogP contribution in [-0.4, -0.2) is 34.6 Å². The molecule has 0 aliphatic carbocycles. The van der Waals surface area contributed by atoms with E-state index in [4.69, 9.17) is 9.94 Å². The molecular formula is C10H15NO5. The van der Waals surface area contributed by atoms with Gasteiger partial charge in [0, 0.05) is 19.4 Å². The zero-order chi connectivity index (χ0) is 12.3. The first-order chi connectivity index (χ1) is 7.38. The van der Waals surface area contributed by atoms with Gasteiger partial charge in [-0.2, -0.15) is 0 Å². The summed E-state index contributed by atoms with van der Waals surface area (Å²) in [6, 6.07) is 0. The van der Waals surface area contributed by atoms with E-state index in [0.29, 0.717) is 5.06 Å². The van der Waals surface area contributed by atoms with Gasteiger partial charge in [0.15, 0.2) is 0 Å². The van der Waals surface area contributed by atoms with E-state index in [1.54, 1.807) is 13.8 Å². The number of carbonyl (C=O) groups excluding carboxylic acids is 3. The molecular weight excluding hydrogens is 214 g/mol. The molecule has 0 bridgehead atoms. The van der Waals surface area contributed by atoms with E-state index in [-0.39, 0.29) is 25.9 Å². The molecule has 1 aliphatic heterocycles. The van der Waals surface area contributed by atoms with Crippen molar-refractivity contribution in [3.63, 3.8) is 0 Å². The van der Waals surface area contributed by atoms with Crippen molar-refractivity contribution < 1.29 is 24.3 Å². The van der Waals surface area contributed by atoms with Gasteiger partial charge in [-0.05, 0) is 20.3 Å². The molecule has 6 nitrogen and oxygen atoms in total. The first kappa shape index (κ1) is 12.6. The van der Waals surface area contributed by atoms with Gasteiger partial charge in [0.1, 0.15) is 0 Å². The molecule has 1 saturated heterocycles. The van der Waals surface area contributed by atoms with Crippen molar-refractivity contribution in [2.24, 2.45) is 5.41 Å². The number of aliphatic hydroxyl groups excluding tert-OH is 1. The molecule has 0 radical (unpaired) electrons. The fourth-order valence-electron chi connectivity index (χ4n) is 1.25. The maximum Gasteiger partial charge on any atom is 0.338 e. The van der Waals surface area contributed by atoms with Gasteiger partial charge in [0.05, 0.1) is 5.41 Å². The number of rotatable bonds is 4. The number of hydrogen-bond acceptors (Lipinski definition) is 5. The highest BCUT2D eigenvalue weighted by atomic mass is 16.7. The summed E-state index contributed by atoms with van der Waals surface area (Å²) in [6.07, 6.45) is 0.362. The molecule has 0 aromatic heterocycles. The minimum absolute atomic E-state index is 0.0759. The molecule has 0 spiro atoms. The van der Waals surface area contributed by atoms with Crippen molar-refractivity contribution in [1.82, 2.24) is 5.06 Å². The number of hydrogen-bond donors (Lipinski definition) is 1. The highest BCUT2D eigenvalue weighted by Crippen LogP contribution is 2.24. The van der Waals surface area contributed by atoms with Crippen LogP contribution in [0.15, 0.2) is 0 Å². The zero-order valence-corrected chi connectivity index (χ0v) is 9.36. The molecule has 16 heavy (non-hydrogen) atoms. The van der Waals surface area contributed by atoms with E-state index < -0.39 is 23.2 Å². The number of nitrogens with zero attached hydrogens (tertiary/aromatic N) is 1. The third-order valence-corrected chi connectivity index (χ3v) is 2.47. The molecule has 1 rings (SSSR count). The average Bonchev–Trinajstić information content (AvgIpc) is 2.49. The lowest BCUT2D eigenvalue weighted by atomic mass is 9.90. The summed E-state index contributed by atoms with van der Waals surface area (Å²) < 4.78 is 0. The molecule has 2 amide bonds. The van der Waals surface area contributed by atoms with Gasteiger partial charge < -0.3 is 9.94 Å². The predicted molar refractivity (Wildman–Crippen MR) is 52.7 cm³/mol. The van der Waals surface area contributed by atoms with E-state index in [1.807, 2.05) is 0 Å². The van der Waals surface area contributed by atoms with Crippen LogP contribution in [0, 0.1) is 5.41 Å². The Balaban J connectivity index is 2.63. The normalized spacial score (nSPS) is 16.8. The third kappa shape index (κ3) is 2.57. The van der Waals surface area contributed by atoms with Crippen molar-refractivity contribution in [1.29, 1.82) is 0 Å². The van der Waals surface area contributed by atoms with Crippen molar-refractivity contribution in [3.05, 3.63) is 0 Å². The molecule has 90 valence electrons. The quantitative estimate of drug-likeness (QED) is 0.686. The maximum atomic E-state index is 11.6. The van der Waals surface area contributed by atoms with E-state index in [1.165, 1.54) is 0 Å². The van der Waals surface area contributed by atoms with Gasteiger partial charge in [0.25, 0.3) is 11.8 Å². The van der Waals surface area contributed by atoms with Crippen LogP contribution in [0.5, 0.6) is 0 Å². The number of imide groups is 1. The van der Waals surface area contributed by atoms with Gasteiger partial charge >= 0.3 is 5.97 Å². The minimum Gasteiger partial charge on any atom is -0.396 e. The monoisotopic (exact) mass is 229 g/mol. The minimum atomic E-state index is -0.919. The summed E-state index contributed by atoms with van der Waals surface area (Å²) in [4.78, 5) is 38.7. The Morgan fingerprint density at radius 2 is 1.88 bits per heavy atom. The lowest BCUT2D eigenvalue weighted by Crippen LogP contribution is -2.38. The Bertz CT molecular complexity index is 307. The van der Waals surface area contributed by atoms with Crippen LogP contribution < -0.4 is 0 Å². The fourth-order valence-corrected chi connectivity index (χ4v) is 1.25. The molecule has 6 heteroatoms. The lowest BCUT2D eigenvalue weighted by molar-refractivity contribution is -0.204. The second-order valence-electron chi connectivity index (χ2n) is 4.32. The molecule has 0 atom stereocenters. The van der Waals surface area contributed by atoms with Crippen LogP contribution in [-0.2, 0) is 19.2 Å². The summed E-state index contributed by atoms with van der Waals surface area (Å²) in [5.74, 6) is -1.69. The number of amides is 2. The fraction of sp³-hybridized carbons (Fsp3) is 0.700. The molecule has 1 aliphatic rings. The van der Waals surface area contributed by atoms with Crippen molar-refractivity contribution in [2.75, 3.05) is 6.61 Å². The lowest BCUT2D eigenvalue weighted by Gasteiger charge is -2.23. The van der Waals surface area contributed by atoms with Gasteiger partial charge in [-0.25, -0.2) is 4.79 Å². The van der Waals surface area contributed by atoms with Crippen molar-refractivity contribution in [3.8, 4) is 0 Å². The second-order valence-corrected chi connectivity index (χ2v) is 4.32. The summed E-state index contributed by atoms with van der Waals surface area (Å²) in [5, 5.41) is 9.28. The number of hydroxylamine groups is 2. The largest absolute Gasteiger partial charge is 0.396 e. The Labute approximate surface area is 93.1 Å². The van der Waals surface area contributed by atoms with Crippen LogP contribution in [0.1, 0.15) is 33.1 Å². The van der Waals surface area contributed by atoms with Crippen molar-refractivity contribution >= 4 is 17.8 Å². The molecule has 1 heterocycles. The molecule has 0 aromatic carbocycles. The van der Waals surface area contributed by atoms with Crippen LogP contribution in [0.4, 0.5) is 0 Å². The summed E-state index contributed by atoms with van der Waals surface area (Å²) in [5.41, 5.74) is -0.919. The molecule has 1 fully saturated rings. The molecule has 1 N–H and O–H groups in total. The average molecular weight is 229 g/mol. The highest BCUT2D eigenvalue weighted by Gasteiger charge is 2.37. The second kappa shape index (κ2) is 4.61. The summed E-state index contributed by atoms with van der Waals surface area (Å²) in [7, 11) is 0. The van der Waals surface area contributed by atoms with Crippen LogP contribution in [0.25, 0.3) is 0 Å². The van der Waals surface area contributed by atoms with Crippen LogP contribution in [0.2, 0.25) is 0 Å². The van der Waals surface area contributed by atoms with E-state index in [0.717, 1.165) is 0 Å². The van der Waals surface area contributed by atoms with Gasteiger partial charge in [-0.3, -0.25) is 9.59 Å². The SMILES string of the molecule is CC(C)(CCO)C(=O)ON1C(=O)CCC1=O. The maximum absolute atomic E-state index is 11.6. The predicted octanol–water partition coefficient (Wildman–Crippen LogP) is 0.00220. The van der Waals surface area contributed by atoms with E-state index in [2.05, 4.69) is 0 Å². The Morgan fingerprint density at radius 1 is 1.38 bits per heavy atom. The van der Waals surface area contributed by atoms with Gasteiger partial charge in [0.2, 0.25) is 0 Å². The Morgan fingerprint density at radius 3 is 2.31 bits per heavy atom. The summed E-state index contributed by atoms with van der Waals surface area (Å²) >= 11 is 0. The van der Waals surface area contributed by atoms with Crippen LogP contribution in [0.3, 0.4) is 0 Å². The molecule has 0 aromatic rings. The topological polar surface area (TPSA) is 83.9 Å². The smallest absolute Gasteiger partial charge is 0.338 e. The summed E-state index contributed by atoms with van der Waals surface area (Å²) in [6.45, 7) is 3.00. The van der Waals surface area contributed by atoms with E-state index in [9.17, 15) is 14.4 Å². The Kier molecular flexibility index (Phi) is 3.64. The number of aliphatic hydroxyl groups is 1. The van der Waals surface area contributed by atoms with Gasteiger partial charge in [-0.15, -0.1) is 5.06 Å². The van der Waals surface area contributed by atoms with Crippen molar-refractivity contribution in [2.45, 2.75) is 33.1 Å². The molecule has 0 unspecified atom stereocenters.